The summed E-state index contributed by atoms with van der Waals surface area (Å²) >= 11 is 0. The lowest BCUT2D eigenvalue weighted by Gasteiger charge is -2.18. The normalized spacial score (nSPS) is 10.8. The van der Waals surface area contributed by atoms with E-state index in [0.29, 0.717) is 29.4 Å². The van der Waals surface area contributed by atoms with Crippen molar-refractivity contribution in [3.8, 4) is 39.8 Å². The molecule has 2 heterocycles. The number of ether oxygens (including phenoxy) is 3. The number of nitrogens with one attached hydrogen (secondary N) is 2. The second-order valence-corrected chi connectivity index (χ2v) is 7.43. The molecule has 0 fully saturated rings. The summed E-state index contributed by atoms with van der Waals surface area (Å²) in [6, 6.07) is 14.7. The molecular weight excluding hydrogens is 452 g/mol. The molecule has 10 heteroatoms. The number of rotatable bonds is 10. The van der Waals surface area contributed by atoms with Crippen molar-refractivity contribution in [1.29, 1.82) is 0 Å². The van der Waals surface area contributed by atoms with Crippen molar-refractivity contribution in [2.24, 2.45) is 0 Å². The zero-order chi connectivity index (χ0) is 24.8. The number of methoxy groups -OCH3 is 2. The third kappa shape index (κ3) is 4.97. The van der Waals surface area contributed by atoms with Gasteiger partial charge in [-0.2, -0.15) is 0 Å². The van der Waals surface area contributed by atoms with Gasteiger partial charge < -0.3 is 34.0 Å². The number of anilines is 1. The number of para-hydroxylation sites is 1. The van der Waals surface area contributed by atoms with Crippen LogP contribution in [-0.2, 0) is 17.9 Å². The van der Waals surface area contributed by atoms with E-state index >= 15 is 0 Å². The van der Waals surface area contributed by atoms with Gasteiger partial charge in [0.25, 0.3) is 11.4 Å². The Hall–Kier alpha value is -4.31. The van der Waals surface area contributed by atoms with E-state index < -0.39 is 5.56 Å². The SMILES string of the molecule is CCOCc1[nH]c(=O)c(-c2nnc(CNc3ccccc3)o2)c(O)c1-c1c(OC)cccc1OC. The first-order chi connectivity index (χ1) is 17.1. The van der Waals surface area contributed by atoms with Gasteiger partial charge in [0.15, 0.2) is 0 Å². The zero-order valence-electron chi connectivity index (χ0n) is 19.6. The molecule has 0 atom stereocenters. The molecule has 0 aliphatic carbocycles. The number of aromatic hydroxyl groups is 1. The van der Waals surface area contributed by atoms with Crippen molar-refractivity contribution in [1.82, 2.24) is 15.2 Å². The molecule has 0 aliphatic heterocycles. The Morgan fingerprint density at radius 1 is 0.971 bits per heavy atom. The smallest absolute Gasteiger partial charge is 0.264 e. The number of nitrogens with zero attached hydrogens (tertiary/aromatic N) is 2. The van der Waals surface area contributed by atoms with Crippen LogP contribution in [0, 0.1) is 0 Å². The lowest BCUT2D eigenvalue weighted by molar-refractivity contribution is 0.131. The monoisotopic (exact) mass is 478 g/mol. The fraction of sp³-hybridized carbons (Fsp3) is 0.240. The van der Waals surface area contributed by atoms with Gasteiger partial charge in [0, 0.05) is 12.3 Å². The molecule has 0 unspecified atom stereocenters. The van der Waals surface area contributed by atoms with Crippen LogP contribution in [0.4, 0.5) is 5.69 Å². The molecule has 2 aromatic carbocycles. The molecule has 0 saturated heterocycles. The van der Waals surface area contributed by atoms with E-state index in [9.17, 15) is 9.90 Å². The Morgan fingerprint density at radius 2 is 1.69 bits per heavy atom. The van der Waals surface area contributed by atoms with Gasteiger partial charge >= 0.3 is 0 Å². The molecule has 4 rings (SSSR count). The first-order valence-corrected chi connectivity index (χ1v) is 11.0. The van der Waals surface area contributed by atoms with Crippen molar-refractivity contribution in [3.05, 3.63) is 70.5 Å². The van der Waals surface area contributed by atoms with E-state index in [0.717, 1.165) is 5.69 Å². The molecule has 0 saturated carbocycles. The van der Waals surface area contributed by atoms with Crippen molar-refractivity contribution in [3.63, 3.8) is 0 Å². The molecule has 3 N–H and O–H groups in total. The minimum atomic E-state index is -0.596. The number of hydrogen-bond acceptors (Lipinski definition) is 9. The highest BCUT2D eigenvalue weighted by molar-refractivity contribution is 5.86. The molecule has 0 spiro atoms. The van der Waals surface area contributed by atoms with Gasteiger partial charge in [0.1, 0.15) is 22.8 Å². The second-order valence-electron chi connectivity index (χ2n) is 7.43. The van der Waals surface area contributed by atoms with Gasteiger partial charge in [0.2, 0.25) is 5.89 Å². The van der Waals surface area contributed by atoms with Gasteiger partial charge in [-0.1, -0.05) is 24.3 Å². The highest BCUT2D eigenvalue weighted by Crippen LogP contribution is 2.46. The topological polar surface area (TPSA) is 132 Å². The Kier molecular flexibility index (Phi) is 7.32. The standard InChI is InChI=1S/C25H26N4O6/c1-4-34-14-16-20(21-17(32-2)11-8-12-18(21)33-3)23(30)22(24(31)27-16)25-29-28-19(35-25)13-26-15-9-6-5-7-10-15/h5-12,26H,4,13-14H2,1-3H3,(H2,27,30,31). The molecular formula is C25H26N4O6. The van der Waals surface area contributed by atoms with Gasteiger partial charge in [-0.15, -0.1) is 10.2 Å². The largest absolute Gasteiger partial charge is 0.506 e. The number of H-pyrrole nitrogens is 1. The molecule has 35 heavy (non-hydrogen) atoms. The van der Waals surface area contributed by atoms with Crippen LogP contribution in [0.2, 0.25) is 0 Å². The third-order valence-corrected chi connectivity index (χ3v) is 5.29. The van der Waals surface area contributed by atoms with Gasteiger partial charge in [-0.25, -0.2) is 0 Å². The van der Waals surface area contributed by atoms with E-state index in [1.54, 1.807) is 18.2 Å². The predicted octanol–water partition coefficient (Wildman–Crippen LogP) is 3.96. The average Bonchev–Trinajstić information content (AvgIpc) is 3.34. The fourth-order valence-electron chi connectivity index (χ4n) is 3.67. The van der Waals surface area contributed by atoms with E-state index in [1.807, 2.05) is 37.3 Å². The number of benzene rings is 2. The van der Waals surface area contributed by atoms with E-state index in [4.69, 9.17) is 18.6 Å². The Balaban J connectivity index is 1.81. The van der Waals surface area contributed by atoms with Crippen LogP contribution in [0.1, 0.15) is 18.5 Å². The molecule has 0 bridgehead atoms. The predicted molar refractivity (Wildman–Crippen MR) is 130 cm³/mol. The number of aromatic amines is 1. The molecule has 0 amide bonds. The van der Waals surface area contributed by atoms with Crippen LogP contribution >= 0.6 is 0 Å². The van der Waals surface area contributed by atoms with Crippen LogP contribution in [0.15, 0.2) is 57.7 Å². The van der Waals surface area contributed by atoms with Crippen LogP contribution in [0.3, 0.4) is 0 Å². The lowest BCUT2D eigenvalue weighted by Crippen LogP contribution is -2.15. The van der Waals surface area contributed by atoms with Gasteiger partial charge in [-0.3, -0.25) is 4.79 Å². The van der Waals surface area contributed by atoms with Crippen LogP contribution in [-0.4, -0.2) is 41.1 Å². The van der Waals surface area contributed by atoms with Crippen LogP contribution in [0.5, 0.6) is 17.2 Å². The summed E-state index contributed by atoms with van der Waals surface area (Å²) < 4.78 is 22.3. The highest BCUT2D eigenvalue weighted by atomic mass is 16.5. The Morgan fingerprint density at radius 3 is 2.34 bits per heavy atom. The Bertz CT molecular complexity index is 1330. The van der Waals surface area contributed by atoms with Crippen molar-refractivity contribution < 1.29 is 23.7 Å². The molecule has 182 valence electrons. The van der Waals surface area contributed by atoms with Gasteiger partial charge in [-0.05, 0) is 31.2 Å². The molecule has 4 aromatic rings. The van der Waals surface area contributed by atoms with Gasteiger partial charge in [0.05, 0.1) is 44.2 Å². The quantitative estimate of drug-likeness (QED) is 0.310. The zero-order valence-corrected chi connectivity index (χ0v) is 19.6. The van der Waals surface area contributed by atoms with Crippen molar-refractivity contribution in [2.45, 2.75) is 20.1 Å². The summed E-state index contributed by atoms with van der Waals surface area (Å²) in [4.78, 5) is 15.8. The first kappa shape index (κ1) is 23.8. The van der Waals surface area contributed by atoms with E-state index in [-0.39, 0.29) is 41.8 Å². The molecule has 0 aliphatic rings. The minimum Gasteiger partial charge on any atom is -0.506 e. The maximum absolute atomic E-state index is 13.0. The Labute approximate surface area is 201 Å². The summed E-state index contributed by atoms with van der Waals surface area (Å²) in [5.74, 6) is 0.656. The average molecular weight is 479 g/mol. The summed E-state index contributed by atoms with van der Waals surface area (Å²) in [5, 5.41) is 22.6. The van der Waals surface area contributed by atoms with Crippen molar-refractivity contribution in [2.75, 3.05) is 26.1 Å². The maximum Gasteiger partial charge on any atom is 0.264 e. The summed E-state index contributed by atoms with van der Waals surface area (Å²) in [6.07, 6.45) is 0. The second kappa shape index (κ2) is 10.7. The first-order valence-electron chi connectivity index (χ1n) is 11.0. The van der Waals surface area contributed by atoms with Crippen LogP contribution < -0.4 is 20.3 Å². The van der Waals surface area contributed by atoms with E-state index in [1.165, 1.54) is 14.2 Å². The van der Waals surface area contributed by atoms with E-state index in [2.05, 4.69) is 20.5 Å². The maximum atomic E-state index is 13.0. The molecule has 10 nitrogen and oxygen atoms in total. The highest BCUT2D eigenvalue weighted by Gasteiger charge is 2.27. The summed E-state index contributed by atoms with van der Waals surface area (Å²) in [5.41, 5.74) is 1.20. The summed E-state index contributed by atoms with van der Waals surface area (Å²) in [7, 11) is 3.02. The minimum absolute atomic E-state index is 0.0478. The lowest BCUT2D eigenvalue weighted by atomic mass is 9.98. The third-order valence-electron chi connectivity index (χ3n) is 5.29. The number of pyridine rings is 1. The number of aromatic nitrogens is 3. The fourth-order valence-corrected chi connectivity index (χ4v) is 3.67. The van der Waals surface area contributed by atoms with Crippen LogP contribution in [0.25, 0.3) is 22.6 Å². The van der Waals surface area contributed by atoms with Crippen molar-refractivity contribution >= 4 is 5.69 Å². The molecule has 2 aromatic heterocycles. The number of hydrogen-bond donors (Lipinski definition) is 3. The molecule has 0 radical (unpaired) electrons. The summed E-state index contributed by atoms with van der Waals surface area (Å²) in [6.45, 7) is 2.53.